The molecule has 3 aromatic rings. The van der Waals surface area contributed by atoms with E-state index in [-0.39, 0.29) is 10.7 Å². The van der Waals surface area contributed by atoms with Gasteiger partial charge in [0.1, 0.15) is 10.4 Å². The zero-order valence-electron chi connectivity index (χ0n) is 15.1. The van der Waals surface area contributed by atoms with Gasteiger partial charge in [-0.3, -0.25) is 14.7 Å². The Bertz CT molecular complexity index is 1150. The Morgan fingerprint density at radius 2 is 1.83 bits per heavy atom. The van der Waals surface area contributed by atoms with E-state index in [9.17, 15) is 14.7 Å². The van der Waals surface area contributed by atoms with Gasteiger partial charge in [-0.05, 0) is 23.8 Å². The molecule has 0 aliphatic carbocycles. The fourth-order valence-corrected chi connectivity index (χ4v) is 4.39. The summed E-state index contributed by atoms with van der Waals surface area (Å²) in [6.45, 7) is 0. The molecule has 1 aromatic heterocycles. The third-order valence-corrected chi connectivity index (χ3v) is 5.77. The maximum atomic E-state index is 13.0. The van der Waals surface area contributed by atoms with Crippen LogP contribution < -0.4 is 0 Å². The molecule has 1 N–H and O–H groups in total. The van der Waals surface area contributed by atoms with Crippen LogP contribution in [0.2, 0.25) is 0 Å². The van der Waals surface area contributed by atoms with E-state index in [0.29, 0.717) is 16.1 Å². The maximum Gasteiger partial charge on any atom is 0.327 e. The number of fused-ring (bicyclic) bond motifs is 1. The van der Waals surface area contributed by atoms with Gasteiger partial charge in [0.15, 0.2) is 0 Å². The van der Waals surface area contributed by atoms with Gasteiger partial charge in [0, 0.05) is 6.42 Å². The topological polar surface area (TPSA) is 83.4 Å². The Morgan fingerprint density at radius 3 is 2.55 bits per heavy atom. The summed E-state index contributed by atoms with van der Waals surface area (Å²) in [5, 5.41) is 9.72. The molecule has 8 heteroatoms. The van der Waals surface area contributed by atoms with Gasteiger partial charge in [0.25, 0.3) is 5.91 Å². The summed E-state index contributed by atoms with van der Waals surface area (Å²) in [5.41, 5.74) is 2.80. The lowest BCUT2D eigenvalue weighted by atomic mass is 10.0. The van der Waals surface area contributed by atoms with Crippen molar-refractivity contribution in [2.75, 3.05) is 0 Å². The van der Waals surface area contributed by atoms with Crippen molar-refractivity contribution in [3.63, 3.8) is 0 Å². The number of para-hydroxylation sites is 2. The predicted molar refractivity (Wildman–Crippen MR) is 116 cm³/mol. The van der Waals surface area contributed by atoms with Crippen LogP contribution in [0.5, 0.6) is 0 Å². The highest BCUT2D eigenvalue weighted by molar-refractivity contribution is 8.26. The number of carbonyl (C=O) groups excluding carboxylic acids is 1. The number of aromatic nitrogens is 2. The van der Waals surface area contributed by atoms with Gasteiger partial charge in [0.2, 0.25) is 0 Å². The molecule has 1 fully saturated rings. The number of thioether (sulfide) groups is 1. The molecule has 1 saturated heterocycles. The first kappa shape index (κ1) is 19.2. The largest absolute Gasteiger partial charge is 0.480 e. The van der Waals surface area contributed by atoms with Crippen LogP contribution in [-0.2, 0) is 16.0 Å². The molecule has 2 heterocycles. The van der Waals surface area contributed by atoms with Crippen LogP contribution in [-0.4, -0.2) is 42.2 Å². The average molecular weight is 422 g/mol. The summed E-state index contributed by atoms with van der Waals surface area (Å²) < 4.78 is 0.221. The molecule has 1 amide bonds. The van der Waals surface area contributed by atoms with Crippen LogP contribution in [0.25, 0.3) is 17.1 Å². The summed E-state index contributed by atoms with van der Waals surface area (Å²) in [4.78, 5) is 35.2. The van der Waals surface area contributed by atoms with Gasteiger partial charge in [-0.2, -0.15) is 0 Å². The second-order valence-electron chi connectivity index (χ2n) is 6.38. The second kappa shape index (κ2) is 8.10. The Balaban J connectivity index is 1.62. The number of benzene rings is 2. The number of carboxylic acid groups (broad SMARTS) is 1. The van der Waals surface area contributed by atoms with Crippen molar-refractivity contribution < 1.29 is 14.7 Å². The van der Waals surface area contributed by atoms with Crippen molar-refractivity contribution in [1.29, 1.82) is 0 Å². The molecule has 1 aliphatic heterocycles. The zero-order valence-corrected chi connectivity index (χ0v) is 16.7. The van der Waals surface area contributed by atoms with E-state index < -0.39 is 17.9 Å². The number of amides is 1. The van der Waals surface area contributed by atoms with Crippen molar-refractivity contribution >= 4 is 57.3 Å². The summed E-state index contributed by atoms with van der Waals surface area (Å²) >= 11 is 6.40. The van der Waals surface area contributed by atoms with Crippen molar-refractivity contribution in [3.8, 4) is 0 Å². The SMILES string of the molecule is O=C(O)C(Cc1ccccc1)N1C(=O)/C(=C/c2cnc3ccccc3n2)SC1=S. The van der Waals surface area contributed by atoms with Gasteiger partial charge in [-0.15, -0.1) is 0 Å². The van der Waals surface area contributed by atoms with E-state index in [2.05, 4.69) is 9.97 Å². The molecule has 29 heavy (non-hydrogen) atoms. The van der Waals surface area contributed by atoms with Gasteiger partial charge in [0.05, 0.1) is 27.8 Å². The number of hydrogen-bond acceptors (Lipinski definition) is 6. The average Bonchev–Trinajstić information content (AvgIpc) is 2.99. The first-order valence-corrected chi connectivity index (χ1v) is 10.0. The molecule has 1 aliphatic rings. The van der Waals surface area contributed by atoms with Gasteiger partial charge in [-0.1, -0.05) is 66.4 Å². The molecule has 2 aromatic carbocycles. The third kappa shape index (κ3) is 4.03. The van der Waals surface area contributed by atoms with Crippen LogP contribution >= 0.6 is 24.0 Å². The van der Waals surface area contributed by atoms with Crippen molar-refractivity contribution in [3.05, 3.63) is 77.0 Å². The number of hydrogen-bond donors (Lipinski definition) is 1. The normalized spacial score (nSPS) is 16.6. The Labute approximate surface area is 176 Å². The highest BCUT2D eigenvalue weighted by Crippen LogP contribution is 2.34. The van der Waals surface area contributed by atoms with E-state index >= 15 is 0 Å². The van der Waals surface area contributed by atoms with Crippen molar-refractivity contribution in [2.24, 2.45) is 0 Å². The lowest BCUT2D eigenvalue weighted by molar-refractivity contribution is -0.145. The number of carboxylic acids is 1. The summed E-state index contributed by atoms with van der Waals surface area (Å²) in [6, 6.07) is 15.5. The molecule has 1 atom stereocenters. The lowest BCUT2D eigenvalue weighted by Crippen LogP contribution is -2.45. The molecule has 0 bridgehead atoms. The summed E-state index contributed by atoms with van der Waals surface area (Å²) in [6.07, 6.45) is 3.35. The number of rotatable bonds is 5. The molecule has 4 rings (SSSR count). The molecular formula is C21H15N3O3S2. The highest BCUT2D eigenvalue weighted by atomic mass is 32.2. The molecule has 0 spiro atoms. The van der Waals surface area contributed by atoms with E-state index in [1.54, 1.807) is 12.3 Å². The predicted octanol–water partition coefficient (Wildman–Crippen LogP) is 3.53. The molecular weight excluding hydrogens is 406 g/mol. The highest BCUT2D eigenvalue weighted by Gasteiger charge is 2.40. The second-order valence-corrected chi connectivity index (χ2v) is 8.05. The first-order chi connectivity index (χ1) is 14.0. The van der Waals surface area contributed by atoms with Crippen LogP contribution in [0.1, 0.15) is 11.3 Å². The summed E-state index contributed by atoms with van der Waals surface area (Å²) in [7, 11) is 0. The molecule has 0 radical (unpaired) electrons. The van der Waals surface area contributed by atoms with Gasteiger partial charge < -0.3 is 5.11 Å². The molecule has 0 saturated carbocycles. The van der Waals surface area contributed by atoms with Gasteiger partial charge >= 0.3 is 5.97 Å². The monoisotopic (exact) mass is 421 g/mol. The van der Waals surface area contributed by atoms with Crippen LogP contribution in [0, 0.1) is 0 Å². The molecule has 1 unspecified atom stereocenters. The van der Waals surface area contributed by atoms with Crippen molar-refractivity contribution in [1.82, 2.24) is 14.9 Å². The minimum absolute atomic E-state index is 0.172. The number of nitrogens with zero attached hydrogens (tertiary/aromatic N) is 3. The fourth-order valence-electron chi connectivity index (χ4n) is 3.05. The standard InChI is InChI=1S/C21H15N3O3S2/c25-19-18(11-14-12-22-15-8-4-5-9-16(15)23-14)29-21(28)24(19)17(20(26)27)10-13-6-2-1-3-7-13/h1-9,11-12,17H,10H2,(H,26,27)/b18-11-. The quantitative estimate of drug-likeness (QED) is 0.498. The first-order valence-electron chi connectivity index (χ1n) is 8.78. The Hall–Kier alpha value is -3.10. The smallest absolute Gasteiger partial charge is 0.327 e. The molecule has 6 nitrogen and oxygen atoms in total. The number of thiocarbonyl (C=S) groups is 1. The van der Waals surface area contributed by atoms with E-state index in [1.165, 1.54) is 4.90 Å². The van der Waals surface area contributed by atoms with Crippen LogP contribution in [0.15, 0.2) is 65.7 Å². The number of carbonyl (C=O) groups is 2. The minimum atomic E-state index is -1.10. The van der Waals surface area contributed by atoms with E-state index in [4.69, 9.17) is 12.2 Å². The van der Waals surface area contributed by atoms with E-state index in [0.717, 1.165) is 22.8 Å². The van der Waals surface area contributed by atoms with Gasteiger partial charge in [-0.25, -0.2) is 9.78 Å². The lowest BCUT2D eigenvalue weighted by Gasteiger charge is -2.23. The van der Waals surface area contributed by atoms with Crippen LogP contribution in [0.3, 0.4) is 0 Å². The third-order valence-electron chi connectivity index (χ3n) is 4.44. The number of aliphatic carboxylic acids is 1. The summed E-state index contributed by atoms with van der Waals surface area (Å²) in [5.74, 6) is -1.53. The minimum Gasteiger partial charge on any atom is -0.480 e. The van der Waals surface area contributed by atoms with Crippen LogP contribution in [0.4, 0.5) is 0 Å². The fraction of sp³-hybridized carbons (Fsp3) is 0.0952. The molecule has 144 valence electrons. The maximum absolute atomic E-state index is 13.0. The van der Waals surface area contributed by atoms with E-state index in [1.807, 2.05) is 54.6 Å². The van der Waals surface area contributed by atoms with Crippen molar-refractivity contribution in [2.45, 2.75) is 12.5 Å². The zero-order chi connectivity index (χ0) is 20.4. The Kier molecular flexibility index (Phi) is 5.37. The Morgan fingerprint density at radius 1 is 1.14 bits per heavy atom.